The SMILES string of the molecule is O=C(NCc1ccc2c(c1)OCO2)C1CSCN1. The lowest BCUT2D eigenvalue weighted by Crippen LogP contribution is -2.41. The molecular weight excluding hydrogens is 252 g/mol. The van der Waals surface area contributed by atoms with Crippen LogP contribution in [0.2, 0.25) is 0 Å². The Hall–Kier alpha value is -1.40. The van der Waals surface area contributed by atoms with Gasteiger partial charge in [-0.25, -0.2) is 0 Å². The van der Waals surface area contributed by atoms with Gasteiger partial charge in [-0.05, 0) is 17.7 Å². The lowest BCUT2D eigenvalue weighted by atomic mass is 10.2. The number of ether oxygens (including phenoxy) is 2. The fourth-order valence-electron chi connectivity index (χ4n) is 1.93. The minimum absolute atomic E-state index is 0.0534. The molecule has 18 heavy (non-hydrogen) atoms. The molecule has 0 spiro atoms. The van der Waals surface area contributed by atoms with Crippen LogP contribution in [0.1, 0.15) is 5.56 Å². The average Bonchev–Trinajstić information content (AvgIpc) is 3.05. The van der Waals surface area contributed by atoms with Crippen LogP contribution in [0.25, 0.3) is 0 Å². The Morgan fingerprint density at radius 2 is 2.33 bits per heavy atom. The average molecular weight is 266 g/mol. The van der Waals surface area contributed by atoms with Crippen LogP contribution in [0.4, 0.5) is 0 Å². The number of nitrogens with one attached hydrogen (secondary N) is 2. The van der Waals surface area contributed by atoms with Crippen molar-refractivity contribution in [2.45, 2.75) is 12.6 Å². The predicted octanol–water partition coefficient (Wildman–Crippen LogP) is 0.694. The summed E-state index contributed by atoms with van der Waals surface area (Å²) in [6, 6.07) is 5.64. The molecule has 6 heteroatoms. The third-order valence-electron chi connectivity index (χ3n) is 2.94. The maximum absolute atomic E-state index is 11.8. The first-order valence-electron chi connectivity index (χ1n) is 5.80. The van der Waals surface area contributed by atoms with E-state index in [1.165, 1.54) is 0 Å². The third-order valence-corrected chi connectivity index (χ3v) is 3.88. The number of benzene rings is 1. The number of fused-ring (bicyclic) bond motifs is 1. The van der Waals surface area contributed by atoms with Gasteiger partial charge in [0.15, 0.2) is 11.5 Å². The number of hydrogen-bond acceptors (Lipinski definition) is 5. The van der Waals surface area contributed by atoms with E-state index in [1.54, 1.807) is 11.8 Å². The van der Waals surface area contributed by atoms with Gasteiger partial charge in [-0.2, -0.15) is 0 Å². The summed E-state index contributed by atoms with van der Waals surface area (Å²) in [4.78, 5) is 11.8. The zero-order chi connectivity index (χ0) is 12.4. The molecule has 1 atom stereocenters. The molecule has 1 saturated heterocycles. The van der Waals surface area contributed by atoms with E-state index in [0.717, 1.165) is 28.7 Å². The number of carbonyl (C=O) groups is 1. The molecule has 2 aliphatic rings. The summed E-state index contributed by atoms with van der Waals surface area (Å²) in [6.45, 7) is 0.784. The van der Waals surface area contributed by atoms with Crippen LogP contribution in [0.3, 0.4) is 0 Å². The van der Waals surface area contributed by atoms with Crippen molar-refractivity contribution in [1.82, 2.24) is 10.6 Å². The standard InChI is InChI=1S/C12H14N2O3S/c15-12(9-5-18-6-14-9)13-4-8-1-2-10-11(3-8)17-7-16-10/h1-3,9,14H,4-7H2,(H,13,15). The normalized spacial score (nSPS) is 21.0. The Morgan fingerprint density at radius 3 is 3.17 bits per heavy atom. The van der Waals surface area contributed by atoms with E-state index in [9.17, 15) is 4.79 Å². The van der Waals surface area contributed by atoms with Crippen LogP contribution in [0.5, 0.6) is 11.5 Å². The molecule has 1 aromatic carbocycles. The molecule has 1 fully saturated rings. The fourth-order valence-corrected chi connectivity index (χ4v) is 2.87. The Labute approximate surface area is 109 Å². The van der Waals surface area contributed by atoms with E-state index < -0.39 is 0 Å². The van der Waals surface area contributed by atoms with E-state index in [0.29, 0.717) is 6.54 Å². The van der Waals surface area contributed by atoms with Gasteiger partial charge in [-0.15, -0.1) is 11.8 Å². The maximum atomic E-state index is 11.8. The van der Waals surface area contributed by atoms with Crippen LogP contribution in [0.15, 0.2) is 18.2 Å². The van der Waals surface area contributed by atoms with Crippen molar-refractivity contribution in [3.8, 4) is 11.5 Å². The Morgan fingerprint density at radius 1 is 1.44 bits per heavy atom. The first-order valence-corrected chi connectivity index (χ1v) is 6.96. The van der Waals surface area contributed by atoms with Crippen molar-refractivity contribution in [1.29, 1.82) is 0 Å². The molecule has 3 rings (SSSR count). The molecule has 0 aliphatic carbocycles. The molecule has 96 valence electrons. The molecule has 2 heterocycles. The third kappa shape index (κ3) is 2.39. The second-order valence-electron chi connectivity index (χ2n) is 4.18. The predicted molar refractivity (Wildman–Crippen MR) is 68.7 cm³/mol. The number of amides is 1. The van der Waals surface area contributed by atoms with Crippen LogP contribution in [-0.4, -0.2) is 30.4 Å². The van der Waals surface area contributed by atoms with Gasteiger partial charge in [-0.3, -0.25) is 10.1 Å². The minimum atomic E-state index is -0.0657. The first-order chi connectivity index (χ1) is 8.83. The van der Waals surface area contributed by atoms with E-state index in [1.807, 2.05) is 18.2 Å². The summed E-state index contributed by atoms with van der Waals surface area (Å²) in [5.41, 5.74) is 1.01. The molecule has 1 amide bonds. The molecule has 2 aliphatic heterocycles. The van der Waals surface area contributed by atoms with Gasteiger partial charge in [0.25, 0.3) is 0 Å². The maximum Gasteiger partial charge on any atom is 0.238 e. The monoisotopic (exact) mass is 266 g/mol. The Bertz CT molecular complexity index is 461. The van der Waals surface area contributed by atoms with Gasteiger partial charge in [-0.1, -0.05) is 6.07 Å². The molecule has 0 radical (unpaired) electrons. The summed E-state index contributed by atoms with van der Waals surface area (Å²) in [5, 5.41) is 6.06. The van der Waals surface area contributed by atoms with Crippen molar-refractivity contribution in [2.75, 3.05) is 18.4 Å². The number of carbonyl (C=O) groups excluding carboxylic acids is 1. The highest BCUT2D eigenvalue weighted by Crippen LogP contribution is 2.32. The van der Waals surface area contributed by atoms with Crippen LogP contribution in [-0.2, 0) is 11.3 Å². The quantitative estimate of drug-likeness (QED) is 0.843. The first kappa shape index (κ1) is 11.7. The zero-order valence-electron chi connectivity index (χ0n) is 9.77. The summed E-state index contributed by atoms with van der Waals surface area (Å²) in [5.74, 6) is 3.25. The molecule has 2 N–H and O–H groups in total. The topological polar surface area (TPSA) is 59.6 Å². The number of hydrogen-bond donors (Lipinski definition) is 2. The van der Waals surface area contributed by atoms with Crippen molar-refractivity contribution >= 4 is 17.7 Å². The largest absolute Gasteiger partial charge is 0.454 e. The van der Waals surface area contributed by atoms with Crippen molar-refractivity contribution in [3.63, 3.8) is 0 Å². The summed E-state index contributed by atoms with van der Waals surface area (Å²) >= 11 is 1.74. The molecule has 0 saturated carbocycles. The van der Waals surface area contributed by atoms with Crippen LogP contribution < -0.4 is 20.1 Å². The highest BCUT2D eigenvalue weighted by Gasteiger charge is 2.22. The Kier molecular flexibility index (Phi) is 3.29. The van der Waals surface area contributed by atoms with E-state index >= 15 is 0 Å². The van der Waals surface area contributed by atoms with Crippen LogP contribution in [0, 0.1) is 0 Å². The number of thioether (sulfide) groups is 1. The van der Waals surface area contributed by atoms with Gasteiger partial charge in [0, 0.05) is 18.2 Å². The van der Waals surface area contributed by atoms with E-state index in [2.05, 4.69) is 10.6 Å². The van der Waals surface area contributed by atoms with Gasteiger partial charge in [0.2, 0.25) is 12.7 Å². The van der Waals surface area contributed by atoms with Crippen molar-refractivity contribution in [2.24, 2.45) is 0 Å². The lowest BCUT2D eigenvalue weighted by Gasteiger charge is -2.10. The molecule has 1 aromatic rings. The van der Waals surface area contributed by atoms with Crippen molar-refractivity contribution < 1.29 is 14.3 Å². The molecule has 0 aromatic heterocycles. The van der Waals surface area contributed by atoms with Crippen LogP contribution >= 0.6 is 11.8 Å². The highest BCUT2D eigenvalue weighted by molar-refractivity contribution is 7.99. The molecule has 5 nitrogen and oxygen atoms in total. The second kappa shape index (κ2) is 5.07. The van der Waals surface area contributed by atoms with E-state index in [4.69, 9.17) is 9.47 Å². The Balaban J connectivity index is 1.58. The lowest BCUT2D eigenvalue weighted by molar-refractivity contribution is -0.122. The smallest absolute Gasteiger partial charge is 0.238 e. The minimum Gasteiger partial charge on any atom is -0.454 e. The van der Waals surface area contributed by atoms with Crippen molar-refractivity contribution in [3.05, 3.63) is 23.8 Å². The van der Waals surface area contributed by atoms with E-state index in [-0.39, 0.29) is 18.7 Å². The van der Waals surface area contributed by atoms with Gasteiger partial charge in [0.05, 0.1) is 6.04 Å². The zero-order valence-corrected chi connectivity index (χ0v) is 10.6. The molecule has 1 unspecified atom stereocenters. The summed E-state index contributed by atoms with van der Waals surface area (Å²) in [7, 11) is 0. The second-order valence-corrected chi connectivity index (χ2v) is 5.21. The number of rotatable bonds is 3. The molecular formula is C12H14N2O3S. The van der Waals surface area contributed by atoms with Gasteiger partial charge < -0.3 is 14.8 Å². The summed E-state index contributed by atoms with van der Waals surface area (Å²) < 4.78 is 10.5. The van der Waals surface area contributed by atoms with Gasteiger partial charge in [0.1, 0.15) is 0 Å². The highest BCUT2D eigenvalue weighted by atomic mass is 32.2. The fraction of sp³-hybridized carbons (Fsp3) is 0.417. The van der Waals surface area contributed by atoms with Gasteiger partial charge >= 0.3 is 0 Å². The summed E-state index contributed by atoms with van der Waals surface area (Å²) in [6.07, 6.45) is 0. The molecule has 0 bridgehead atoms.